The second kappa shape index (κ2) is 7.55. The standard InChI is InChI=1S/C16H15N5O/c1-12-4-5-15(11-19-12)20-10-14(7-17)16(22)21-9-13-3-2-6-18-8-13/h2-6,8,10-11,20H,9H2,1H3,(H,21,22)/b14-10-. The summed E-state index contributed by atoms with van der Waals surface area (Å²) in [7, 11) is 0. The second-order valence-electron chi connectivity index (χ2n) is 4.55. The van der Waals surface area contributed by atoms with Gasteiger partial charge in [-0.3, -0.25) is 14.8 Å². The molecule has 6 heteroatoms. The predicted octanol–water partition coefficient (Wildman–Crippen LogP) is 1.92. The van der Waals surface area contributed by atoms with Crippen molar-refractivity contribution in [1.82, 2.24) is 15.3 Å². The van der Waals surface area contributed by atoms with Crippen LogP contribution in [-0.4, -0.2) is 15.9 Å². The highest BCUT2D eigenvalue weighted by molar-refractivity contribution is 5.97. The zero-order chi connectivity index (χ0) is 15.8. The number of carbonyl (C=O) groups excluding carboxylic acids is 1. The number of aryl methyl sites for hydroxylation is 1. The molecule has 0 atom stereocenters. The molecule has 2 aromatic heterocycles. The molecule has 2 rings (SSSR count). The largest absolute Gasteiger partial charge is 0.359 e. The number of aromatic nitrogens is 2. The first-order valence-corrected chi connectivity index (χ1v) is 6.65. The van der Waals surface area contributed by atoms with Gasteiger partial charge in [-0.2, -0.15) is 5.26 Å². The van der Waals surface area contributed by atoms with Crippen LogP contribution in [0.25, 0.3) is 0 Å². The zero-order valence-electron chi connectivity index (χ0n) is 12.1. The minimum atomic E-state index is -0.445. The monoisotopic (exact) mass is 293 g/mol. The number of pyridine rings is 2. The van der Waals surface area contributed by atoms with Gasteiger partial charge in [0.1, 0.15) is 11.6 Å². The number of anilines is 1. The van der Waals surface area contributed by atoms with Crippen LogP contribution in [0.15, 0.2) is 54.6 Å². The third-order valence-corrected chi connectivity index (χ3v) is 2.84. The summed E-state index contributed by atoms with van der Waals surface area (Å²) >= 11 is 0. The average molecular weight is 293 g/mol. The van der Waals surface area contributed by atoms with E-state index in [1.807, 2.05) is 31.2 Å². The first-order chi connectivity index (χ1) is 10.7. The Hall–Kier alpha value is -3.20. The first kappa shape index (κ1) is 15.2. The molecule has 0 saturated carbocycles. The van der Waals surface area contributed by atoms with Crippen molar-refractivity contribution in [3.63, 3.8) is 0 Å². The molecule has 0 unspecified atom stereocenters. The Morgan fingerprint density at radius 1 is 1.36 bits per heavy atom. The molecule has 2 heterocycles. The second-order valence-corrected chi connectivity index (χ2v) is 4.55. The molecular formula is C16H15N5O. The third-order valence-electron chi connectivity index (χ3n) is 2.84. The lowest BCUT2D eigenvalue weighted by Gasteiger charge is -2.05. The maximum absolute atomic E-state index is 11.9. The van der Waals surface area contributed by atoms with E-state index < -0.39 is 5.91 Å². The highest BCUT2D eigenvalue weighted by Crippen LogP contribution is 2.06. The van der Waals surface area contributed by atoms with Crippen molar-refractivity contribution >= 4 is 11.6 Å². The van der Waals surface area contributed by atoms with E-state index in [4.69, 9.17) is 5.26 Å². The molecular weight excluding hydrogens is 278 g/mol. The molecule has 0 radical (unpaired) electrons. The summed E-state index contributed by atoms with van der Waals surface area (Å²) in [5.41, 5.74) is 2.45. The van der Waals surface area contributed by atoms with E-state index >= 15 is 0 Å². The molecule has 0 saturated heterocycles. The molecule has 6 nitrogen and oxygen atoms in total. The van der Waals surface area contributed by atoms with Crippen LogP contribution < -0.4 is 10.6 Å². The number of nitrogens with one attached hydrogen (secondary N) is 2. The Balaban J connectivity index is 1.95. The van der Waals surface area contributed by atoms with Gasteiger partial charge in [0.2, 0.25) is 0 Å². The highest BCUT2D eigenvalue weighted by atomic mass is 16.1. The van der Waals surface area contributed by atoms with Crippen LogP contribution in [0.4, 0.5) is 5.69 Å². The van der Waals surface area contributed by atoms with Crippen LogP contribution in [0.1, 0.15) is 11.3 Å². The van der Waals surface area contributed by atoms with Crippen molar-refractivity contribution in [2.45, 2.75) is 13.5 Å². The SMILES string of the molecule is Cc1ccc(N/C=C(/C#N)C(=O)NCc2cccnc2)cn1. The molecule has 0 bridgehead atoms. The minimum Gasteiger partial charge on any atom is -0.359 e. The van der Waals surface area contributed by atoms with Crippen molar-refractivity contribution in [3.8, 4) is 6.07 Å². The number of hydrogen-bond donors (Lipinski definition) is 2. The normalized spacial score (nSPS) is 10.6. The van der Waals surface area contributed by atoms with Crippen LogP contribution in [0.5, 0.6) is 0 Å². The molecule has 0 spiro atoms. The summed E-state index contributed by atoms with van der Waals surface area (Å²) in [5.74, 6) is -0.445. The Morgan fingerprint density at radius 3 is 2.86 bits per heavy atom. The lowest BCUT2D eigenvalue weighted by Crippen LogP contribution is -2.24. The smallest absolute Gasteiger partial charge is 0.263 e. The Bertz CT molecular complexity index is 702. The fourth-order valence-electron chi connectivity index (χ4n) is 1.64. The van der Waals surface area contributed by atoms with Gasteiger partial charge in [0.05, 0.1) is 11.9 Å². The van der Waals surface area contributed by atoms with Crippen LogP contribution in [0.2, 0.25) is 0 Å². The summed E-state index contributed by atoms with van der Waals surface area (Å²) in [5, 5.41) is 14.6. The molecule has 2 N–H and O–H groups in total. The number of nitrogens with zero attached hydrogens (tertiary/aromatic N) is 3. The predicted molar refractivity (Wildman–Crippen MR) is 82.4 cm³/mol. The van der Waals surface area contributed by atoms with Gasteiger partial charge < -0.3 is 10.6 Å². The summed E-state index contributed by atoms with van der Waals surface area (Å²) in [4.78, 5) is 20.0. The van der Waals surface area contributed by atoms with Gasteiger partial charge in [0.15, 0.2) is 0 Å². The van der Waals surface area contributed by atoms with E-state index in [1.165, 1.54) is 6.20 Å². The molecule has 0 aliphatic carbocycles. The van der Waals surface area contributed by atoms with Crippen LogP contribution in [0, 0.1) is 18.3 Å². The summed E-state index contributed by atoms with van der Waals surface area (Å²) in [6.07, 6.45) is 6.32. The van der Waals surface area contributed by atoms with Gasteiger partial charge >= 0.3 is 0 Å². The van der Waals surface area contributed by atoms with Gasteiger partial charge in [-0.05, 0) is 30.7 Å². The maximum atomic E-state index is 11.9. The number of carbonyl (C=O) groups is 1. The fraction of sp³-hybridized carbons (Fsp3) is 0.125. The number of amides is 1. The van der Waals surface area contributed by atoms with Gasteiger partial charge in [-0.1, -0.05) is 6.07 Å². The molecule has 1 amide bonds. The van der Waals surface area contributed by atoms with Gasteiger partial charge in [-0.15, -0.1) is 0 Å². The van der Waals surface area contributed by atoms with Gasteiger partial charge in [0.25, 0.3) is 5.91 Å². The molecule has 0 aromatic carbocycles. The van der Waals surface area contributed by atoms with Crippen LogP contribution >= 0.6 is 0 Å². The minimum absolute atomic E-state index is 0.00975. The topological polar surface area (TPSA) is 90.7 Å². The number of hydrogen-bond acceptors (Lipinski definition) is 5. The Labute approximate surface area is 128 Å². The lowest BCUT2D eigenvalue weighted by molar-refractivity contribution is -0.117. The Morgan fingerprint density at radius 2 is 2.23 bits per heavy atom. The van der Waals surface area contributed by atoms with E-state index in [2.05, 4.69) is 20.6 Å². The molecule has 0 aliphatic rings. The van der Waals surface area contributed by atoms with E-state index in [9.17, 15) is 4.79 Å². The molecule has 2 aromatic rings. The van der Waals surface area contributed by atoms with Crippen molar-refractivity contribution in [1.29, 1.82) is 5.26 Å². The molecule has 22 heavy (non-hydrogen) atoms. The summed E-state index contributed by atoms with van der Waals surface area (Å²) in [6, 6.07) is 9.16. The van der Waals surface area contributed by atoms with Crippen molar-refractivity contribution in [2.24, 2.45) is 0 Å². The van der Waals surface area contributed by atoms with E-state index in [1.54, 1.807) is 24.7 Å². The number of rotatable bonds is 5. The zero-order valence-corrected chi connectivity index (χ0v) is 12.1. The van der Waals surface area contributed by atoms with Crippen LogP contribution in [-0.2, 0) is 11.3 Å². The van der Waals surface area contributed by atoms with Gasteiger partial charge in [0, 0.05) is 30.8 Å². The fourth-order valence-corrected chi connectivity index (χ4v) is 1.64. The molecule has 110 valence electrons. The van der Waals surface area contributed by atoms with Crippen molar-refractivity contribution in [2.75, 3.05) is 5.32 Å². The van der Waals surface area contributed by atoms with Gasteiger partial charge in [-0.25, -0.2) is 0 Å². The highest BCUT2D eigenvalue weighted by Gasteiger charge is 2.08. The summed E-state index contributed by atoms with van der Waals surface area (Å²) < 4.78 is 0. The third kappa shape index (κ3) is 4.42. The van der Waals surface area contributed by atoms with E-state index in [0.717, 1.165) is 11.3 Å². The average Bonchev–Trinajstić information content (AvgIpc) is 2.56. The van der Waals surface area contributed by atoms with Crippen molar-refractivity contribution < 1.29 is 4.79 Å². The van der Waals surface area contributed by atoms with E-state index in [0.29, 0.717) is 12.2 Å². The summed E-state index contributed by atoms with van der Waals surface area (Å²) in [6.45, 7) is 2.20. The van der Waals surface area contributed by atoms with E-state index in [-0.39, 0.29) is 5.57 Å². The van der Waals surface area contributed by atoms with Crippen molar-refractivity contribution in [3.05, 3.63) is 65.9 Å². The molecule has 0 aliphatic heterocycles. The molecule has 0 fully saturated rings. The van der Waals surface area contributed by atoms with Crippen LogP contribution in [0.3, 0.4) is 0 Å². The lowest BCUT2D eigenvalue weighted by atomic mass is 10.2. The number of nitriles is 1. The quantitative estimate of drug-likeness (QED) is 0.649. The first-order valence-electron chi connectivity index (χ1n) is 6.65. The Kier molecular flexibility index (Phi) is 5.21. The maximum Gasteiger partial charge on any atom is 0.263 e.